The monoisotopic (exact) mass is 722 g/mol. The number of fused-ring (bicyclic) bond motifs is 3. The van der Waals surface area contributed by atoms with E-state index in [9.17, 15) is 19.8 Å². The Morgan fingerprint density at radius 2 is 0.943 bits per heavy atom. The van der Waals surface area contributed by atoms with Crippen molar-refractivity contribution in [3.63, 3.8) is 0 Å². The average Bonchev–Trinajstić information content (AvgIpc) is 3.47. The van der Waals surface area contributed by atoms with Gasteiger partial charge >= 0.3 is 11.9 Å². The highest BCUT2D eigenvalue weighted by Gasteiger charge is 2.45. The second kappa shape index (κ2) is 18.5. The zero-order valence-electron chi connectivity index (χ0n) is 30.1. The predicted molar refractivity (Wildman–Crippen MR) is 200 cm³/mol. The summed E-state index contributed by atoms with van der Waals surface area (Å²) in [5.41, 5.74) is 6.76. The molecule has 0 fully saturated rings. The minimum atomic E-state index is -0.946. The van der Waals surface area contributed by atoms with Crippen LogP contribution in [0.2, 0.25) is 0 Å². The van der Waals surface area contributed by atoms with Crippen molar-refractivity contribution < 1.29 is 48.2 Å². The fourth-order valence-electron chi connectivity index (χ4n) is 6.19. The van der Waals surface area contributed by atoms with Gasteiger partial charge in [-0.25, -0.2) is 9.59 Å². The largest absolute Gasteiger partial charge is 0.491 e. The molecule has 0 radical (unpaired) electrons. The second-order valence-corrected chi connectivity index (χ2v) is 12.8. The van der Waals surface area contributed by atoms with E-state index in [1.807, 2.05) is 24.3 Å². The molecule has 2 unspecified atom stereocenters. The minimum absolute atomic E-state index is 0.00518. The van der Waals surface area contributed by atoms with Crippen molar-refractivity contribution in [1.29, 1.82) is 0 Å². The molecule has 0 saturated heterocycles. The summed E-state index contributed by atoms with van der Waals surface area (Å²) in [6, 6.07) is 33.1. The summed E-state index contributed by atoms with van der Waals surface area (Å²) in [7, 11) is 0. The van der Waals surface area contributed by atoms with Crippen LogP contribution in [0, 0.1) is 0 Å². The number of hydrogen-bond donors (Lipinski definition) is 2. The number of ether oxygens (including phenoxy) is 6. The quantitative estimate of drug-likeness (QED) is 0.0578. The Morgan fingerprint density at radius 1 is 0.566 bits per heavy atom. The van der Waals surface area contributed by atoms with Gasteiger partial charge in [-0.15, -0.1) is 0 Å². The number of aliphatic hydroxyl groups is 2. The molecular weight excluding hydrogens is 676 g/mol. The van der Waals surface area contributed by atoms with Crippen LogP contribution >= 0.6 is 0 Å². The van der Waals surface area contributed by atoms with E-state index in [-0.39, 0.29) is 64.0 Å². The summed E-state index contributed by atoms with van der Waals surface area (Å²) in [6.45, 7) is 10.8. The van der Waals surface area contributed by atoms with Crippen LogP contribution in [0.5, 0.6) is 11.5 Å². The van der Waals surface area contributed by atoms with E-state index in [1.165, 1.54) is 22.3 Å². The molecule has 5 rings (SSSR count). The first-order valence-electron chi connectivity index (χ1n) is 17.4. The molecular formula is C43H46O10. The molecule has 10 heteroatoms. The number of esters is 2. The average molecular weight is 723 g/mol. The normalized spacial score (nSPS) is 13.6. The Hall–Kier alpha value is -5.26. The maximum absolute atomic E-state index is 11.5. The molecule has 278 valence electrons. The molecule has 53 heavy (non-hydrogen) atoms. The van der Waals surface area contributed by atoms with E-state index in [1.54, 1.807) is 13.8 Å². The van der Waals surface area contributed by atoms with Crippen LogP contribution in [0.1, 0.15) is 36.1 Å². The number of rotatable bonds is 20. The van der Waals surface area contributed by atoms with E-state index in [0.29, 0.717) is 11.5 Å². The lowest BCUT2D eigenvalue weighted by Crippen LogP contribution is -2.28. The van der Waals surface area contributed by atoms with Crippen molar-refractivity contribution >= 4 is 11.9 Å². The first-order chi connectivity index (χ1) is 25.6. The standard InChI is InChI=1S/C43H46O10/c1-29(2)41(46)52-27-33(44)25-48-21-23-50-35-17-13-31(14-18-35)43(39-11-7-5-9-37(39)38-10-6-8-12-40(38)43)32-15-19-36(20-16-32)51-24-22-49-26-34(45)28-53-42(47)30(3)4/h5-20,33-34,44-45H,1,3,21-28H2,2,4H3. The van der Waals surface area contributed by atoms with Crippen molar-refractivity contribution in [1.82, 2.24) is 0 Å². The lowest BCUT2D eigenvalue weighted by molar-refractivity contribution is -0.143. The number of benzene rings is 4. The first-order valence-corrected chi connectivity index (χ1v) is 17.4. The van der Waals surface area contributed by atoms with Gasteiger partial charge in [-0.3, -0.25) is 0 Å². The molecule has 0 aromatic heterocycles. The van der Waals surface area contributed by atoms with Crippen molar-refractivity contribution in [2.24, 2.45) is 0 Å². The molecule has 0 aliphatic heterocycles. The second-order valence-electron chi connectivity index (χ2n) is 12.8. The van der Waals surface area contributed by atoms with E-state index >= 15 is 0 Å². The zero-order chi connectivity index (χ0) is 37.8. The molecule has 2 atom stereocenters. The molecule has 2 N–H and O–H groups in total. The third-order valence-electron chi connectivity index (χ3n) is 8.65. The Bertz CT molecular complexity index is 1730. The summed E-state index contributed by atoms with van der Waals surface area (Å²) in [5.74, 6) is 0.245. The van der Waals surface area contributed by atoms with Gasteiger partial charge in [0.05, 0.1) is 31.8 Å². The molecule has 4 aromatic carbocycles. The molecule has 10 nitrogen and oxygen atoms in total. The molecule has 1 aliphatic rings. The lowest BCUT2D eigenvalue weighted by atomic mass is 9.68. The molecule has 0 amide bonds. The maximum atomic E-state index is 11.5. The molecule has 0 bridgehead atoms. The van der Waals surface area contributed by atoms with Crippen LogP contribution in [-0.4, -0.2) is 87.2 Å². The number of carbonyl (C=O) groups is 2. The van der Waals surface area contributed by atoms with Crippen LogP contribution in [0.3, 0.4) is 0 Å². The maximum Gasteiger partial charge on any atom is 0.333 e. The van der Waals surface area contributed by atoms with E-state index < -0.39 is 29.6 Å². The summed E-state index contributed by atoms with van der Waals surface area (Å²) in [4.78, 5) is 23.0. The topological polar surface area (TPSA) is 130 Å². The third kappa shape index (κ3) is 9.60. The molecule has 4 aromatic rings. The Labute approximate surface area is 310 Å². The molecule has 0 heterocycles. The van der Waals surface area contributed by atoms with Gasteiger partial charge in [-0.1, -0.05) is 86.0 Å². The summed E-state index contributed by atoms with van der Waals surface area (Å²) in [5, 5.41) is 20.0. The highest BCUT2D eigenvalue weighted by atomic mass is 16.6. The minimum Gasteiger partial charge on any atom is -0.491 e. The van der Waals surface area contributed by atoms with Crippen LogP contribution in [0.4, 0.5) is 0 Å². The van der Waals surface area contributed by atoms with Gasteiger partial charge in [0, 0.05) is 11.1 Å². The first kappa shape index (κ1) is 39.0. The van der Waals surface area contributed by atoms with E-state index in [4.69, 9.17) is 28.4 Å². The van der Waals surface area contributed by atoms with Crippen LogP contribution < -0.4 is 9.47 Å². The van der Waals surface area contributed by atoms with Crippen molar-refractivity contribution in [3.05, 3.63) is 144 Å². The molecule has 0 spiro atoms. The van der Waals surface area contributed by atoms with Crippen LogP contribution in [0.15, 0.2) is 121 Å². The van der Waals surface area contributed by atoms with Crippen LogP contribution in [-0.2, 0) is 34.0 Å². The van der Waals surface area contributed by atoms with Gasteiger partial charge in [0.1, 0.15) is 50.1 Å². The lowest BCUT2D eigenvalue weighted by Gasteiger charge is -2.34. The SMILES string of the molecule is C=C(C)C(=O)OCC(O)COCCOc1ccc(C2(c3ccc(OCCOCC(O)COC(=O)C(=C)C)cc3)c3ccccc3-c3ccccc32)cc1. The smallest absolute Gasteiger partial charge is 0.333 e. The van der Waals surface area contributed by atoms with Crippen molar-refractivity contribution in [2.45, 2.75) is 31.5 Å². The van der Waals surface area contributed by atoms with Gasteiger partial charge in [-0.2, -0.15) is 0 Å². The molecule has 1 aliphatic carbocycles. The van der Waals surface area contributed by atoms with Gasteiger partial charge < -0.3 is 38.6 Å². The van der Waals surface area contributed by atoms with Crippen molar-refractivity contribution in [2.75, 3.05) is 52.9 Å². The van der Waals surface area contributed by atoms with Gasteiger partial charge in [0.15, 0.2) is 0 Å². The number of aliphatic hydroxyl groups excluding tert-OH is 2. The zero-order valence-corrected chi connectivity index (χ0v) is 30.1. The predicted octanol–water partition coefficient (Wildman–Crippen LogP) is 5.80. The fourth-order valence-corrected chi connectivity index (χ4v) is 6.19. The van der Waals surface area contributed by atoms with E-state index in [2.05, 4.69) is 86.0 Å². The summed E-state index contributed by atoms with van der Waals surface area (Å²) < 4.78 is 32.8. The Kier molecular flexibility index (Phi) is 13.6. The Morgan fingerprint density at radius 3 is 1.32 bits per heavy atom. The number of carbonyl (C=O) groups excluding carboxylic acids is 2. The van der Waals surface area contributed by atoms with Gasteiger partial charge in [0.2, 0.25) is 0 Å². The summed E-state index contributed by atoms with van der Waals surface area (Å²) in [6.07, 6.45) is -1.89. The van der Waals surface area contributed by atoms with Crippen LogP contribution in [0.25, 0.3) is 11.1 Å². The molecule has 0 saturated carbocycles. The Balaban J connectivity index is 1.24. The summed E-state index contributed by atoms with van der Waals surface area (Å²) >= 11 is 0. The van der Waals surface area contributed by atoms with Crippen molar-refractivity contribution in [3.8, 4) is 22.6 Å². The highest BCUT2D eigenvalue weighted by molar-refractivity contribution is 5.87. The van der Waals surface area contributed by atoms with E-state index in [0.717, 1.165) is 11.1 Å². The fraction of sp³-hybridized carbons (Fsp3) is 0.302. The third-order valence-corrected chi connectivity index (χ3v) is 8.65. The number of hydrogen-bond acceptors (Lipinski definition) is 10. The van der Waals surface area contributed by atoms with Gasteiger partial charge in [-0.05, 0) is 71.5 Å². The highest BCUT2D eigenvalue weighted by Crippen LogP contribution is 2.56. The van der Waals surface area contributed by atoms with Gasteiger partial charge in [0.25, 0.3) is 0 Å².